The average molecular weight is 306 g/mol. The molecule has 1 aromatic rings. The van der Waals surface area contributed by atoms with Gasteiger partial charge in [0.05, 0.1) is 12.7 Å². The van der Waals surface area contributed by atoms with E-state index in [2.05, 4.69) is 0 Å². The number of methoxy groups -OCH3 is 1. The van der Waals surface area contributed by atoms with E-state index < -0.39 is 25.5 Å². The SMILES string of the molecule is Cl.[2H]C([2H])([2H])N(C[C@@H]1CCCC[C@]1(O)c1cccc(OC)c1)C([2H])([2H])[2H]. The second-order valence-electron chi connectivity index (χ2n) is 5.21. The van der Waals surface area contributed by atoms with Gasteiger partial charge < -0.3 is 14.7 Å². The lowest BCUT2D eigenvalue weighted by Crippen LogP contribution is -2.43. The maximum Gasteiger partial charge on any atom is 0.119 e. The molecule has 1 aliphatic carbocycles. The van der Waals surface area contributed by atoms with Crippen molar-refractivity contribution in [2.24, 2.45) is 5.92 Å². The Hall–Kier alpha value is -0.770. The molecule has 0 heterocycles. The summed E-state index contributed by atoms with van der Waals surface area (Å²) in [5, 5.41) is 11.4. The summed E-state index contributed by atoms with van der Waals surface area (Å²) in [6, 6.07) is 7.04. The molecule has 0 aromatic heterocycles. The van der Waals surface area contributed by atoms with Gasteiger partial charge in [0.25, 0.3) is 0 Å². The van der Waals surface area contributed by atoms with Gasteiger partial charge in [-0.15, -0.1) is 12.4 Å². The Labute approximate surface area is 136 Å². The van der Waals surface area contributed by atoms with E-state index in [0.29, 0.717) is 29.1 Å². The van der Waals surface area contributed by atoms with Crippen LogP contribution in [-0.4, -0.2) is 37.6 Å². The van der Waals surface area contributed by atoms with Gasteiger partial charge in [0, 0.05) is 20.7 Å². The van der Waals surface area contributed by atoms with E-state index in [1.807, 2.05) is 0 Å². The minimum atomic E-state index is -2.75. The van der Waals surface area contributed by atoms with Crippen LogP contribution in [0.1, 0.15) is 39.5 Å². The molecule has 20 heavy (non-hydrogen) atoms. The van der Waals surface area contributed by atoms with Crippen LogP contribution in [0.5, 0.6) is 5.75 Å². The summed E-state index contributed by atoms with van der Waals surface area (Å²) in [5.74, 6) is 0.105. The van der Waals surface area contributed by atoms with Gasteiger partial charge in [0.2, 0.25) is 0 Å². The van der Waals surface area contributed by atoms with Crippen LogP contribution in [0.4, 0.5) is 0 Å². The number of hydrogen-bond donors (Lipinski definition) is 1. The zero-order chi connectivity index (χ0) is 18.9. The number of rotatable bonds is 4. The highest BCUT2D eigenvalue weighted by Crippen LogP contribution is 2.42. The third-order valence-electron chi connectivity index (χ3n) is 4.01. The fourth-order valence-electron chi connectivity index (χ4n) is 2.96. The van der Waals surface area contributed by atoms with Crippen LogP contribution in [0.25, 0.3) is 0 Å². The van der Waals surface area contributed by atoms with E-state index in [1.54, 1.807) is 24.3 Å². The predicted octanol–water partition coefficient (Wildman–Crippen LogP) is 3.06. The van der Waals surface area contributed by atoms with Crippen molar-refractivity contribution >= 4 is 12.4 Å². The highest BCUT2D eigenvalue weighted by molar-refractivity contribution is 5.85. The molecule has 3 nitrogen and oxygen atoms in total. The Morgan fingerprint density at radius 1 is 1.45 bits per heavy atom. The summed E-state index contributed by atoms with van der Waals surface area (Å²) >= 11 is 0. The molecular formula is C16H26ClNO2. The Bertz CT molecular complexity index is 581. The molecule has 2 atom stereocenters. The predicted molar refractivity (Wildman–Crippen MR) is 84.7 cm³/mol. The molecule has 1 fully saturated rings. The molecule has 0 amide bonds. The first kappa shape index (κ1) is 10.0. The van der Waals surface area contributed by atoms with E-state index in [0.717, 1.165) is 12.8 Å². The van der Waals surface area contributed by atoms with Crippen LogP contribution in [0.15, 0.2) is 24.3 Å². The van der Waals surface area contributed by atoms with E-state index in [9.17, 15) is 5.11 Å². The zero-order valence-corrected chi connectivity index (χ0v) is 12.4. The van der Waals surface area contributed by atoms with Crippen molar-refractivity contribution in [2.75, 3.05) is 27.6 Å². The van der Waals surface area contributed by atoms with E-state index in [-0.39, 0.29) is 19.0 Å². The number of nitrogens with zero attached hydrogens (tertiary/aromatic N) is 1. The molecular weight excluding hydrogens is 274 g/mol. The van der Waals surface area contributed by atoms with Gasteiger partial charge >= 0.3 is 0 Å². The van der Waals surface area contributed by atoms with Gasteiger partial charge in [-0.1, -0.05) is 25.0 Å². The first-order valence-corrected chi connectivity index (χ1v) is 6.63. The summed E-state index contributed by atoms with van der Waals surface area (Å²) in [6.45, 7) is -5.73. The standard InChI is InChI=1S/C16H25NO2.ClH/c1-17(2)12-14-7-4-5-10-16(14,18)13-8-6-9-15(11-13)19-3;/h6,8-9,11,14,18H,4-5,7,10,12H2,1-3H3;1H/t14-,16-;/m0./s1/i1D3,2D3;. The van der Waals surface area contributed by atoms with Crippen LogP contribution >= 0.6 is 12.4 Å². The Kier molecular flexibility index (Phi) is 3.66. The van der Waals surface area contributed by atoms with Crippen molar-refractivity contribution in [1.29, 1.82) is 0 Å². The van der Waals surface area contributed by atoms with Crippen LogP contribution in [0, 0.1) is 5.92 Å². The van der Waals surface area contributed by atoms with Crippen molar-refractivity contribution in [1.82, 2.24) is 4.90 Å². The summed E-state index contributed by atoms with van der Waals surface area (Å²) < 4.78 is 50.6. The molecule has 1 saturated carbocycles. The lowest BCUT2D eigenvalue weighted by atomic mass is 9.71. The molecule has 4 heteroatoms. The lowest BCUT2D eigenvalue weighted by Gasteiger charge is -2.41. The van der Waals surface area contributed by atoms with E-state index in [4.69, 9.17) is 13.0 Å². The molecule has 0 aliphatic heterocycles. The van der Waals surface area contributed by atoms with Crippen LogP contribution in [0.2, 0.25) is 0 Å². The average Bonchev–Trinajstić information content (AvgIpc) is 2.51. The van der Waals surface area contributed by atoms with Crippen molar-refractivity contribution in [2.45, 2.75) is 31.3 Å². The number of hydrogen-bond acceptors (Lipinski definition) is 3. The molecule has 1 N–H and O–H groups in total. The zero-order valence-electron chi connectivity index (χ0n) is 17.6. The van der Waals surface area contributed by atoms with Gasteiger partial charge in [-0.3, -0.25) is 0 Å². The molecule has 2 rings (SSSR count). The molecule has 0 unspecified atom stereocenters. The largest absolute Gasteiger partial charge is 0.497 e. The monoisotopic (exact) mass is 305 g/mol. The summed E-state index contributed by atoms with van der Waals surface area (Å²) in [4.78, 5) is 0.543. The number of aliphatic hydroxyl groups is 1. The van der Waals surface area contributed by atoms with Crippen LogP contribution in [-0.2, 0) is 5.60 Å². The topological polar surface area (TPSA) is 32.7 Å². The fraction of sp³-hybridized carbons (Fsp3) is 0.625. The van der Waals surface area contributed by atoms with Gasteiger partial charge in [-0.05, 0) is 44.5 Å². The number of benzene rings is 1. The highest BCUT2D eigenvalue weighted by atomic mass is 35.5. The molecule has 1 aliphatic rings. The fourth-order valence-corrected chi connectivity index (χ4v) is 2.96. The summed E-state index contributed by atoms with van der Waals surface area (Å²) in [6.07, 6.45) is 2.65. The van der Waals surface area contributed by atoms with Crippen LogP contribution in [0.3, 0.4) is 0 Å². The highest BCUT2D eigenvalue weighted by Gasteiger charge is 2.40. The lowest BCUT2D eigenvalue weighted by molar-refractivity contribution is -0.0619. The maximum atomic E-state index is 11.4. The van der Waals surface area contributed by atoms with Gasteiger partial charge in [0.15, 0.2) is 0 Å². The first-order valence-electron chi connectivity index (χ1n) is 9.63. The molecule has 0 radical (unpaired) electrons. The number of ether oxygens (including phenoxy) is 1. The summed E-state index contributed by atoms with van der Waals surface area (Å²) in [5.41, 5.74) is -0.644. The Morgan fingerprint density at radius 3 is 2.95 bits per heavy atom. The molecule has 0 bridgehead atoms. The molecule has 114 valence electrons. The van der Waals surface area contributed by atoms with Gasteiger partial charge in [-0.25, -0.2) is 0 Å². The normalized spacial score (nSPS) is 31.9. The molecule has 0 saturated heterocycles. The summed E-state index contributed by atoms with van der Waals surface area (Å²) in [7, 11) is 1.53. The minimum Gasteiger partial charge on any atom is -0.497 e. The van der Waals surface area contributed by atoms with Crippen LogP contribution < -0.4 is 4.74 Å². The van der Waals surface area contributed by atoms with Crippen molar-refractivity contribution in [3.05, 3.63) is 29.8 Å². The Morgan fingerprint density at radius 2 is 2.25 bits per heavy atom. The maximum absolute atomic E-state index is 11.4. The number of halogens is 1. The second-order valence-corrected chi connectivity index (χ2v) is 5.21. The third kappa shape index (κ3) is 3.66. The Balaban J connectivity index is 0.00000338. The van der Waals surface area contributed by atoms with Gasteiger partial charge in [-0.2, -0.15) is 0 Å². The van der Waals surface area contributed by atoms with E-state index >= 15 is 0 Å². The smallest absolute Gasteiger partial charge is 0.119 e. The van der Waals surface area contributed by atoms with Crippen molar-refractivity contribution in [3.8, 4) is 5.75 Å². The second kappa shape index (κ2) is 7.30. The molecule has 1 aromatic carbocycles. The van der Waals surface area contributed by atoms with Crippen molar-refractivity contribution in [3.63, 3.8) is 0 Å². The third-order valence-corrected chi connectivity index (χ3v) is 4.01. The first-order chi connectivity index (χ1) is 11.5. The molecule has 0 spiro atoms. The van der Waals surface area contributed by atoms with E-state index in [1.165, 1.54) is 7.11 Å². The minimum absolute atomic E-state index is 0. The van der Waals surface area contributed by atoms with Crippen molar-refractivity contribution < 1.29 is 18.1 Å². The quantitative estimate of drug-likeness (QED) is 0.928. The van der Waals surface area contributed by atoms with Gasteiger partial charge in [0.1, 0.15) is 5.75 Å².